The molecule has 0 unspecified atom stereocenters. The van der Waals surface area contributed by atoms with Crippen LogP contribution in [0.3, 0.4) is 0 Å². The number of anilines is 1. The van der Waals surface area contributed by atoms with Gasteiger partial charge in [-0.3, -0.25) is 4.79 Å². The molecule has 0 saturated carbocycles. The first-order chi connectivity index (χ1) is 14.1. The third-order valence-electron chi connectivity index (χ3n) is 4.17. The molecule has 0 spiro atoms. The minimum atomic E-state index is -0.0788. The Labute approximate surface area is 181 Å². The smallest absolute Gasteiger partial charge is 0.234 e. The summed E-state index contributed by atoms with van der Waals surface area (Å²) < 4.78 is 2.04. The summed E-state index contributed by atoms with van der Waals surface area (Å²) in [6.45, 7) is 4.78. The van der Waals surface area contributed by atoms with Crippen LogP contribution in [0.15, 0.2) is 52.3 Å². The molecule has 0 bridgehead atoms. The molecule has 0 fully saturated rings. The van der Waals surface area contributed by atoms with Gasteiger partial charge < -0.3 is 9.88 Å². The van der Waals surface area contributed by atoms with Crippen molar-refractivity contribution >= 4 is 46.0 Å². The van der Waals surface area contributed by atoms with Crippen LogP contribution in [-0.4, -0.2) is 31.4 Å². The molecule has 1 amide bonds. The highest BCUT2D eigenvalue weighted by Crippen LogP contribution is 2.28. The lowest BCUT2D eigenvalue weighted by atomic mass is 10.1. The van der Waals surface area contributed by atoms with E-state index in [4.69, 9.17) is 0 Å². The molecule has 0 saturated heterocycles. The first-order valence-corrected chi connectivity index (χ1v) is 11.8. The van der Waals surface area contributed by atoms with Crippen LogP contribution in [0.2, 0.25) is 0 Å². The number of carbonyl (C=O) groups excluding carboxylic acids is 1. The van der Waals surface area contributed by atoms with Crippen LogP contribution in [-0.2, 0) is 11.3 Å². The van der Waals surface area contributed by atoms with Crippen LogP contribution in [0, 0.1) is 6.92 Å². The first kappa shape index (κ1) is 19.8. The topological polar surface area (TPSA) is 72.7 Å². The second-order valence-electron chi connectivity index (χ2n) is 6.20. The van der Waals surface area contributed by atoms with Gasteiger partial charge >= 0.3 is 0 Å². The highest BCUT2D eigenvalue weighted by molar-refractivity contribution is 7.99. The molecule has 3 heterocycles. The number of hydrogen-bond acceptors (Lipinski definition) is 7. The molecule has 0 aliphatic heterocycles. The Morgan fingerprint density at radius 3 is 2.83 bits per heavy atom. The molecule has 0 aliphatic rings. The summed E-state index contributed by atoms with van der Waals surface area (Å²) in [5.74, 6) is 1.03. The number of aryl methyl sites for hydroxylation is 1. The lowest BCUT2D eigenvalue weighted by Crippen LogP contribution is -2.14. The predicted octanol–water partition coefficient (Wildman–Crippen LogP) is 5.19. The highest BCUT2D eigenvalue weighted by Gasteiger charge is 2.15. The monoisotopic (exact) mass is 441 g/mol. The highest BCUT2D eigenvalue weighted by atomic mass is 32.2. The zero-order chi connectivity index (χ0) is 20.2. The van der Waals surface area contributed by atoms with E-state index in [0.717, 1.165) is 44.4 Å². The summed E-state index contributed by atoms with van der Waals surface area (Å²) in [4.78, 5) is 18.0. The summed E-state index contributed by atoms with van der Waals surface area (Å²) in [7, 11) is 0. The molecule has 1 N–H and O–H groups in total. The Kier molecular flexibility index (Phi) is 6.08. The number of carbonyl (C=O) groups is 1. The molecular formula is C20H19N5OS3. The molecule has 148 valence electrons. The van der Waals surface area contributed by atoms with E-state index >= 15 is 0 Å². The zero-order valence-corrected chi connectivity index (χ0v) is 18.4. The maximum Gasteiger partial charge on any atom is 0.234 e. The van der Waals surface area contributed by atoms with Crippen molar-refractivity contribution in [1.29, 1.82) is 0 Å². The molecule has 0 aliphatic carbocycles. The molecule has 4 rings (SSSR count). The second kappa shape index (κ2) is 8.89. The first-order valence-electron chi connectivity index (χ1n) is 9.06. The fourth-order valence-corrected chi connectivity index (χ4v) is 4.99. The Morgan fingerprint density at radius 1 is 1.21 bits per heavy atom. The third kappa shape index (κ3) is 4.58. The number of thiophene rings is 1. The Hall–Kier alpha value is -2.49. The van der Waals surface area contributed by atoms with Crippen molar-refractivity contribution in [1.82, 2.24) is 19.7 Å². The van der Waals surface area contributed by atoms with Crippen molar-refractivity contribution in [2.75, 3.05) is 11.1 Å². The molecule has 1 aromatic carbocycles. The van der Waals surface area contributed by atoms with Crippen LogP contribution < -0.4 is 5.32 Å². The van der Waals surface area contributed by atoms with E-state index in [1.54, 1.807) is 22.7 Å². The van der Waals surface area contributed by atoms with Crippen molar-refractivity contribution in [3.63, 3.8) is 0 Å². The van der Waals surface area contributed by atoms with Gasteiger partial charge in [0.1, 0.15) is 0 Å². The van der Waals surface area contributed by atoms with Crippen molar-refractivity contribution in [3.05, 3.63) is 52.2 Å². The second-order valence-corrected chi connectivity index (χ2v) is 9.15. The molecule has 4 aromatic rings. The largest absolute Gasteiger partial charge is 0.325 e. The molecule has 29 heavy (non-hydrogen) atoms. The number of rotatable bonds is 7. The predicted molar refractivity (Wildman–Crippen MR) is 121 cm³/mol. The Bertz CT molecular complexity index is 1120. The number of hydrogen-bond donors (Lipinski definition) is 1. The molecular weight excluding hydrogens is 422 g/mol. The quantitative estimate of drug-likeness (QED) is 0.400. The number of amides is 1. The molecule has 0 radical (unpaired) electrons. The third-order valence-corrected chi connectivity index (χ3v) is 6.77. The van der Waals surface area contributed by atoms with Gasteiger partial charge in [0.25, 0.3) is 0 Å². The fraction of sp³-hybridized carbons (Fsp3) is 0.200. The minimum Gasteiger partial charge on any atom is -0.325 e. The van der Waals surface area contributed by atoms with E-state index in [-0.39, 0.29) is 11.7 Å². The zero-order valence-electron chi connectivity index (χ0n) is 16.0. The van der Waals surface area contributed by atoms with Gasteiger partial charge in [-0.15, -0.1) is 32.9 Å². The van der Waals surface area contributed by atoms with Gasteiger partial charge in [0, 0.05) is 23.2 Å². The van der Waals surface area contributed by atoms with Crippen molar-refractivity contribution in [2.24, 2.45) is 0 Å². The van der Waals surface area contributed by atoms with E-state index < -0.39 is 0 Å². The van der Waals surface area contributed by atoms with Crippen LogP contribution >= 0.6 is 34.4 Å². The van der Waals surface area contributed by atoms with Crippen LogP contribution in [0.5, 0.6) is 0 Å². The van der Waals surface area contributed by atoms with Gasteiger partial charge in [-0.05, 0) is 37.4 Å². The lowest BCUT2D eigenvalue weighted by Gasteiger charge is -2.08. The molecule has 9 heteroatoms. The Morgan fingerprint density at radius 2 is 2.10 bits per heavy atom. The van der Waals surface area contributed by atoms with Gasteiger partial charge in [-0.25, -0.2) is 4.98 Å². The van der Waals surface area contributed by atoms with Crippen LogP contribution in [0.25, 0.3) is 22.0 Å². The van der Waals surface area contributed by atoms with Gasteiger partial charge in [0.05, 0.1) is 21.3 Å². The summed E-state index contributed by atoms with van der Waals surface area (Å²) >= 11 is 4.63. The molecule has 3 aromatic heterocycles. The van der Waals surface area contributed by atoms with Crippen molar-refractivity contribution < 1.29 is 4.79 Å². The molecule has 6 nitrogen and oxygen atoms in total. The SMILES string of the molecule is CCn1c(SCC(=O)Nc2cccc(-c3csc(C)n3)c2)nnc1-c1cccs1. The van der Waals surface area contributed by atoms with Gasteiger partial charge in [0.2, 0.25) is 5.91 Å². The van der Waals surface area contributed by atoms with E-state index in [2.05, 4.69) is 27.4 Å². The number of thioether (sulfide) groups is 1. The summed E-state index contributed by atoms with van der Waals surface area (Å²) in [5, 5.41) is 17.3. The fourth-order valence-electron chi connectivity index (χ4n) is 2.85. The number of aromatic nitrogens is 4. The summed E-state index contributed by atoms with van der Waals surface area (Å²) in [6.07, 6.45) is 0. The van der Waals surface area contributed by atoms with Crippen LogP contribution in [0.4, 0.5) is 5.69 Å². The summed E-state index contributed by atoms with van der Waals surface area (Å²) in [6, 6.07) is 11.8. The number of nitrogens with zero attached hydrogens (tertiary/aromatic N) is 4. The van der Waals surface area contributed by atoms with Crippen molar-refractivity contribution in [3.8, 4) is 22.0 Å². The maximum absolute atomic E-state index is 12.5. The summed E-state index contributed by atoms with van der Waals surface area (Å²) in [5.41, 5.74) is 2.68. The normalized spacial score (nSPS) is 11.0. The maximum atomic E-state index is 12.5. The Balaban J connectivity index is 1.41. The minimum absolute atomic E-state index is 0.0788. The lowest BCUT2D eigenvalue weighted by molar-refractivity contribution is -0.113. The van der Waals surface area contributed by atoms with Gasteiger partial charge in [0.15, 0.2) is 11.0 Å². The number of nitrogens with one attached hydrogen (secondary N) is 1. The van der Waals surface area contributed by atoms with E-state index in [1.165, 1.54) is 11.8 Å². The van der Waals surface area contributed by atoms with Crippen molar-refractivity contribution in [2.45, 2.75) is 25.5 Å². The standard InChI is InChI=1S/C20H19N5OS3/c1-3-25-19(17-8-5-9-27-17)23-24-20(25)29-12-18(26)22-15-7-4-6-14(10-15)16-11-28-13(2)21-16/h4-11H,3,12H2,1-2H3,(H,22,26). The van der Waals surface area contributed by atoms with Gasteiger partial charge in [-0.1, -0.05) is 30.0 Å². The van der Waals surface area contributed by atoms with E-state index in [9.17, 15) is 4.79 Å². The average molecular weight is 442 g/mol. The van der Waals surface area contributed by atoms with Gasteiger partial charge in [-0.2, -0.15) is 0 Å². The average Bonchev–Trinajstić information content (AvgIpc) is 3.46. The number of thiazole rings is 1. The van der Waals surface area contributed by atoms with E-state index in [1.807, 2.05) is 58.6 Å². The van der Waals surface area contributed by atoms with Crippen LogP contribution in [0.1, 0.15) is 11.9 Å². The number of benzene rings is 1. The van der Waals surface area contributed by atoms with E-state index in [0.29, 0.717) is 0 Å². The molecule has 0 atom stereocenters.